The van der Waals surface area contributed by atoms with Gasteiger partial charge in [0.05, 0.1) is 11.7 Å². The summed E-state index contributed by atoms with van der Waals surface area (Å²) in [7, 11) is 0. The number of pyridine rings is 1. The zero-order valence-electron chi connectivity index (χ0n) is 13.0. The van der Waals surface area contributed by atoms with E-state index in [1.165, 1.54) is 0 Å². The predicted octanol–water partition coefficient (Wildman–Crippen LogP) is 2.10. The minimum Gasteiger partial charge on any atom is -0.475 e. The average molecular weight is 292 g/mol. The summed E-state index contributed by atoms with van der Waals surface area (Å²) in [6.45, 7) is 6.67. The Morgan fingerprint density at radius 1 is 1.48 bits per heavy atom. The van der Waals surface area contributed by atoms with Crippen molar-refractivity contribution in [2.24, 2.45) is 5.92 Å². The molecule has 1 aliphatic rings. The first kappa shape index (κ1) is 15.8. The number of hydrogen-bond acceptors (Lipinski definition) is 4. The summed E-state index contributed by atoms with van der Waals surface area (Å²) < 4.78 is 5.48. The van der Waals surface area contributed by atoms with Gasteiger partial charge in [0.1, 0.15) is 0 Å². The maximum Gasteiger partial charge on any atom is 0.255 e. The van der Waals surface area contributed by atoms with Crippen LogP contribution in [0.4, 0.5) is 0 Å². The summed E-state index contributed by atoms with van der Waals surface area (Å²) in [5, 5.41) is 9.30. The number of carbonyl (C=O) groups excluding carboxylic acids is 1. The fourth-order valence-electron chi connectivity index (χ4n) is 2.60. The lowest BCUT2D eigenvalue weighted by atomic mass is 9.93. The Morgan fingerprint density at radius 2 is 2.24 bits per heavy atom. The number of aromatic nitrogens is 1. The number of ether oxygens (including phenoxy) is 1. The molecule has 0 saturated carbocycles. The van der Waals surface area contributed by atoms with E-state index in [0.29, 0.717) is 18.0 Å². The maximum atomic E-state index is 12.6. The Bertz CT molecular complexity index is 473. The minimum atomic E-state index is -0.0238. The van der Waals surface area contributed by atoms with Gasteiger partial charge in [0, 0.05) is 31.5 Å². The Hall–Kier alpha value is -1.62. The quantitative estimate of drug-likeness (QED) is 0.923. The topological polar surface area (TPSA) is 62.7 Å². The smallest absolute Gasteiger partial charge is 0.255 e. The molecule has 2 unspecified atom stereocenters. The highest BCUT2D eigenvalue weighted by atomic mass is 16.5. The lowest BCUT2D eigenvalue weighted by molar-refractivity contribution is 0.0488. The molecule has 0 bridgehead atoms. The van der Waals surface area contributed by atoms with Gasteiger partial charge in [-0.25, -0.2) is 4.98 Å². The molecule has 1 N–H and O–H groups in total. The van der Waals surface area contributed by atoms with E-state index in [-0.39, 0.29) is 30.6 Å². The molecule has 0 spiro atoms. The lowest BCUT2D eigenvalue weighted by Gasteiger charge is -2.37. The lowest BCUT2D eigenvalue weighted by Crippen LogP contribution is -2.46. The third kappa shape index (κ3) is 3.94. The van der Waals surface area contributed by atoms with Crippen molar-refractivity contribution in [1.82, 2.24) is 9.88 Å². The minimum absolute atomic E-state index is 0.0238. The summed E-state index contributed by atoms with van der Waals surface area (Å²) in [5.74, 6) is 0.687. The maximum absolute atomic E-state index is 12.6. The van der Waals surface area contributed by atoms with Gasteiger partial charge in [0.25, 0.3) is 5.91 Å². The molecule has 1 amide bonds. The highest BCUT2D eigenvalue weighted by Gasteiger charge is 2.29. The van der Waals surface area contributed by atoms with Gasteiger partial charge in [-0.15, -0.1) is 0 Å². The van der Waals surface area contributed by atoms with E-state index in [9.17, 15) is 9.90 Å². The predicted molar refractivity (Wildman–Crippen MR) is 80.3 cm³/mol. The standard InChI is InChI=1S/C16H24N2O3/c1-11(2)21-15-7-6-14(8-17-15)16(20)18-9-13(10-19)5-4-12(18)3/h6-8,11-13,19H,4-5,9-10H2,1-3H3. The van der Waals surface area contributed by atoms with Gasteiger partial charge in [-0.05, 0) is 45.6 Å². The fourth-order valence-corrected chi connectivity index (χ4v) is 2.60. The van der Waals surface area contributed by atoms with E-state index in [1.54, 1.807) is 18.3 Å². The number of likely N-dealkylation sites (tertiary alicyclic amines) is 1. The zero-order valence-corrected chi connectivity index (χ0v) is 13.0. The number of hydrogen-bond donors (Lipinski definition) is 1. The molecule has 2 rings (SSSR count). The summed E-state index contributed by atoms with van der Waals surface area (Å²) in [6, 6.07) is 3.68. The van der Waals surface area contributed by atoms with Crippen LogP contribution in [0.25, 0.3) is 0 Å². The van der Waals surface area contributed by atoms with Crippen molar-refractivity contribution in [3.8, 4) is 5.88 Å². The summed E-state index contributed by atoms with van der Waals surface area (Å²) >= 11 is 0. The van der Waals surface area contributed by atoms with Crippen molar-refractivity contribution in [2.45, 2.75) is 45.8 Å². The summed E-state index contributed by atoms with van der Waals surface area (Å²) in [6.07, 6.45) is 3.53. The van der Waals surface area contributed by atoms with Crippen LogP contribution in [-0.4, -0.2) is 46.2 Å². The Labute approximate surface area is 125 Å². The Kier molecular flexibility index (Phi) is 5.17. The van der Waals surface area contributed by atoms with Crippen LogP contribution >= 0.6 is 0 Å². The Balaban J connectivity index is 2.07. The van der Waals surface area contributed by atoms with Crippen LogP contribution in [0.1, 0.15) is 44.0 Å². The van der Waals surface area contributed by atoms with Gasteiger partial charge in [-0.2, -0.15) is 0 Å². The number of carbonyl (C=O) groups is 1. The van der Waals surface area contributed by atoms with E-state index < -0.39 is 0 Å². The monoisotopic (exact) mass is 292 g/mol. The third-order valence-electron chi connectivity index (χ3n) is 3.84. The van der Waals surface area contributed by atoms with Gasteiger partial charge in [0.15, 0.2) is 0 Å². The molecule has 116 valence electrons. The third-order valence-corrected chi connectivity index (χ3v) is 3.84. The van der Waals surface area contributed by atoms with E-state index in [2.05, 4.69) is 11.9 Å². The number of nitrogens with zero attached hydrogens (tertiary/aromatic N) is 2. The van der Waals surface area contributed by atoms with Gasteiger partial charge >= 0.3 is 0 Å². The molecule has 0 radical (unpaired) electrons. The molecule has 1 saturated heterocycles. The molecule has 5 nitrogen and oxygen atoms in total. The first-order valence-corrected chi connectivity index (χ1v) is 7.55. The van der Waals surface area contributed by atoms with Crippen molar-refractivity contribution in [1.29, 1.82) is 0 Å². The number of piperidine rings is 1. The van der Waals surface area contributed by atoms with Crippen molar-refractivity contribution >= 4 is 5.91 Å². The largest absolute Gasteiger partial charge is 0.475 e. The van der Waals surface area contributed by atoms with E-state index in [0.717, 1.165) is 12.8 Å². The molecule has 0 aromatic carbocycles. The van der Waals surface area contributed by atoms with Crippen LogP contribution < -0.4 is 4.74 Å². The van der Waals surface area contributed by atoms with Crippen molar-refractivity contribution in [3.63, 3.8) is 0 Å². The summed E-state index contributed by atoms with van der Waals surface area (Å²) in [5.41, 5.74) is 0.566. The van der Waals surface area contributed by atoms with Crippen molar-refractivity contribution in [3.05, 3.63) is 23.9 Å². The summed E-state index contributed by atoms with van der Waals surface area (Å²) in [4.78, 5) is 18.6. The molecular weight excluding hydrogens is 268 g/mol. The second kappa shape index (κ2) is 6.89. The molecule has 0 aliphatic carbocycles. The molecule has 5 heteroatoms. The molecule has 2 heterocycles. The van der Waals surface area contributed by atoms with Crippen molar-refractivity contribution in [2.75, 3.05) is 13.2 Å². The van der Waals surface area contributed by atoms with Gasteiger partial charge in [-0.3, -0.25) is 4.79 Å². The molecular formula is C16H24N2O3. The normalized spacial score (nSPS) is 22.4. The molecule has 21 heavy (non-hydrogen) atoms. The number of rotatable bonds is 4. The number of aliphatic hydroxyl groups is 1. The highest BCUT2D eigenvalue weighted by molar-refractivity contribution is 5.94. The molecule has 1 aliphatic heterocycles. The van der Waals surface area contributed by atoms with Crippen LogP contribution in [0.2, 0.25) is 0 Å². The van der Waals surface area contributed by atoms with Crippen LogP contribution in [0.5, 0.6) is 5.88 Å². The molecule has 2 atom stereocenters. The van der Waals surface area contributed by atoms with Crippen LogP contribution in [-0.2, 0) is 0 Å². The second-order valence-electron chi connectivity index (χ2n) is 5.98. The number of aliphatic hydroxyl groups excluding tert-OH is 1. The first-order chi connectivity index (χ1) is 10.0. The number of amides is 1. The van der Waals surface area contributed by atoms with Crippen LogP contribution in [0, 0.1) is 5.92 Å². The molecule has 1 aromatic heterocycles. The van der Waals surface area contributed by atoms with Crippen molar-refractivity contribution < 1.29 is 14.6 Å². The van der Waals surface area contributed by atoms with Crippen LogP contribution in [0.3, 0.4) is 0 Å². The zero-order chi connectivity index (χ0) is 15.4. The van der Waals surface area contributed by atoms with E-state index in [1.807, 2.05) is 18.7 Å². The molecule has 1 fully saturated rings. The van der Waals surface area contributed by atoms with Gasteiger partial charge < -0.3 is 14.7 Å². The van der Waals surface area contributed by atoms with Gasteiger partial charge in [-0.1, -0.05) is 0 Å². The highest BCUT2D eigenvalue weighted by Crippen LogP contribution is 2.23. The SMILES string of the molecule is CC(C)Oc1ccc(C(=O)N2CC(CO)CCC2C)cn1. The van der Waals surface area contributed by atoms with Gasteiger partial charge in [0.2, 0.25) is 5.88 Å². The fraction of sp³-hybridized carbons (Fsp3) is 0.625. The Morgan fingerprint density at radius 3 is 2.81 bits per heavy atom. The average Bonchev–Trinajstić information content (AvgIpc) is 2.47. The van der Waals surface area contributed by atoms with Crippen LogP contribution in [0.15, 0.2) is 18.3 Å². The second-order valence-corrected chi connectivity index (χ2v) is 5.98. The van der Waals surface area contributed by atoms with E-state index in [4.69, 9.17) is 4.74 Å². The van der Waals surface area contributed by atoms with E-state index >= 15 is 0 Å². The molecule has 1 aromatic rings. The first-order valence-electron chi connectivity index (χ1n) is 7.55.